The van der Waals surface area contributed by atoms with Gasteiger partial charge in [0.2, 0.25) is 0 Å². The van der Waals surface area contributed by atoms with Crippen molar-refractivity contribution < 1.29 is 0 Å². The topological polar surface area (TPSA) is 29.3 Å². The van der Waals surface area contributed by atoms with E-state index in [1.165, 1.54) is 37.1 Å². The molecule has 104 valence electrons. The second-order valence-corrected chi connectivity index (χ2v) is 6.60. The van der Waals surface area contributed by atoms with E-state index in [9.17, 15) is 0 Å². The lowest BCUT2D eigenvalue weighted by molar-refractivity contribution is 0.240. The zero-order valence-electron chi connectivity index (χ0n) is 12.2. The molecule has 1 heterocycles. The lowest BCUT2D eigenvalue weighted by Gasteiger charge is -2.27. The molecular weight excluding hydrogens is 232 g/mol. The SMILES string of the molecule is CC1CN(C(CN)c2ccc(C3CC3)cc2)CC1C. The Balaban J connectivity index is 1.74. The third-order valence-electron chi connectivity index (χ3n) is 5.05. The summed E-state index contributed by atoms with van der Waals surface area (Å²) in [4.78, 5) is 2.57. The number of hydrogen-bond acceptors (Lipinski definition) is 2. The van der Waals surface area contributed by atoms with Crippen LogP contribution in [0.2, 0.25) is 0 Å². The van der Waals surface area contributed by atoms with Crippen LogP contribution < -0.4 is 5.73 Å². The minimum absolute atomic E-state index is 0.403. The molecule has 3 atom stereocenters. The third kappa shape index (κ3) is 2.70. The van der Waals surface area contributed by atoms with Crippen molar-refractivity contribution >= 4 is 0 Å². The summed E-state index contributed by atoms with van der Waals surface area (Å²) in [6, 6.07) is 9.65. The first-order valence-corrected chi connectivity index (χ1v) is 7.73. The highest BCUT2D eigenvalue weighted by atomic mass is 15.2. The molecule has 0 radical (unpaired) electrons. The quantitative estimate of drug-likeness (QED) is 0.899. The summed E-state index contributed by atoms with van der Waals surface area (Å²) in [5.41, 5.74) is 8.96. The highest BCUT2D eigenvalue weighted by Gasteiger charge is 2.31. The Morgan fingerprint density at radius 3 is 2.16 bits per heavy atom. The van der Waals surface area contributed by atoms with Crippen LogP contribution in [0, 0.1) is 11.8 Å². The molecule has 3 rings (SSSR count). The van der Waals surface area contributed by atoms with Gasteiger partial charge in [-0.1, -0.05) is 38.1 Å². The Morgan fingerprint density at radius 1 is 1.11 bits per heavy atom. The zero-order valence-corrected chi connectivity index (χ0v) is 12.2. The molecule has 0 spiro atoms. The normalized spacial score (nSPS) is 29.6. The fourth-order valence-corrected chi connectivity index (χ4v) is 3.33. The van der Waals surface area contributed by atoms with Gasteiger partial charge in [-0.25, -0.2) is 0 Å². The average molecular weight is 258 g/mol. The highest BCUT2D eigenvalue weighted by molar-refractivity contribution is 5.30. The molecule has 2 fully saturated rings. The predicted octanol–water partition coefficient (Wildman–Crippen LogP) is 3.15. The Kier molecular flexibility index (Phi) is 3.64. The molecule has 2 nitrogen and oxygen atoms in total. The van der Waals surface area contributed by atoms with Crippen molar-refractivity contribution in [2.45, 2.75) is 38.6 Å². The van der Waals surface area contributed by atoms with E-state index < -0.39 is 0 Å². The molecule has 1 saturated carbocycles. The van der Waals surface area contributed by atoms with Crippen LogP contribution in [0.1, 0.15) is 49.8 Å². The molecule has 2 N–H and O–H groups in total. The van der Waals surface area contributed by atoms with Gasteiger partial charge < -0.3 is 5.73 Å². The van der Waals surface area contributed by atoms with Crippen LogP contribution in [0.4, 0.5) is 0 Å². The van der Waals surface area contributed by atoms with Crippen LogP contribution in [0.25, 0.3) is 0 Å². The monoisotopic (exact) mass is 258 g/mol. The molecule has 1 saturated heterocycles. The van der Waals surface area contributed by atoms with Crippen molar-refractivity contribution in [1.29, 1.82) is 0 Å². The number of nitrogens with zero attached hydrogens (tertiary/aromatic N) is 1. The largest absolute Gasteiger partial charge is 0.329 e. The van der Waals surface area contributed by atoms with E-state index >= 15 is 0 Å². The van der Waals surface area contributed by atoms with Gasteiger partial charge in [-0.15, -0.1) is 0 Å². The first kappa shape index (κ1) is 13.1. The van der Waals surface area contributed by atoms with Crippen molar-refractivity contribution in [3.63, 3.8) is 0 Å². The van der Waals surface area contributed by atoms with Crippen LogP contribution >= 0.6 is 0 Å². The van der Waals surface area contributed by atoms with Gasteiger partial charge in [0, 0.05) is 25.7 Å². The molecule has 0 aromatic heterocycles. The summed E-state index contributed by atoms with van der Waals surface area (Å²) in [5, 5.41) is 0. The van der Waals surface area contributed by atoms with E-state index in [-0.39, 0.29) is 0 Å². The van der Waals surface area contributed by atoms with Gasteiger partial charge in [-0.05, 0) is 41.7 Å². The van der Waals surface area contributed by atoms with Crippen LogP contribution in [-0.2, 0) is 0 Å². The van der Waals surface area contributed by atoms with Crippen LogP contribution in [-0.4, -0.2) is 24.5 Å². The summed E-state index contributed by atoms with van der Waals surface area (Å²) in [7, 11) is 0. The molecule has 1 aromatic rings. The fourth-order valence-electron chi connectivity index (χ4n) is 3.33. The number of nitrogens with two attached hydrogens (primary N) is 1. The third-order valence-corrected chi connectivity index (χ3v) is 5.05. The maximum Gasteiger partial charge on any atom is 0.0470 e. The van der Waals surface area contributed by atoms with Crippen molar-refractivity contribution in [1.82, 2.24) is 4.90 Å². The lowest BCUT2D eigenvalue weighted by atomic mass is 10.0. The minimum atomic E-state index is 0.403. The first-order valence-electron chi connectivity index (χ1n) is 7.73. The number of rotatable bonds is 4. The molecule has 0 amide bonds. The maximum absolute atomic E-state index is 6.04. The molecule has 1 aromatic carbocycles. The van der Waals surface area contributed by atoms with Gasteiger partial charge >= 0.3 is 0 Å². The smallest absolute Gasteiger partial charge is 0.0470 e. The minimum Gasteiger partial charge on any atom is -0.329 e. The van der Waals surface area contributed by atoms with Crippen LogP contribution in [0.3, 0.4) is 0 Å². The van der Waals surface area contributed by atoms with Gasteiger partial charge in [0.25, 0.3) is 0 Å². The Morgan fingerprint density at radius 2 is 1.68 bits per heavy atom. The molecule has 19 heavy (non-hydrogen) atoms. The highest BCUT2D eigenvalue weighted by Crippen LogP contribution is 2.40. The van der Waals surface area contributed by atoms with Gasteiger partial charge in [0.05, 0.1) is 0 Å². The zero-order chi connectivity index (χ0) is 13.4. The fraction of sp³-hybridized carbons (Fsp3) is 0.647. The van der Waals surface area contributed by atoms with Crippen molar-refractivity contribution in [3.8, 4) is 0 Å². The summed E-state index contributed by atoms with van der Waals surface area (Å²) in [6.45, 7) is 7.81. The van der Waals surface area contributed by atoms with Gasteiger partial charge in [-0.3, -0.25) is 4.90 Å². The van der Waals surface area contributed by atoms with Crippen LogP contribution in [0.15, 0.2) is 24.3 Å². The predicted molar refractivity (Wildman–Crippen MR) is 80.1 cm³/mol. The van der Waals surface area contributed by atoms with Gasteiger partial charge in [0.15, 0.2) is 0 Å². The van der Waals surface area contributed by atoms with Crippen molar-refractivity contribution in [3.05, 3.63) is 35.4 Å². The van der Waals surface area contributed by atoms with Crippen molar-refractivity contribution in [2.24, 2.45) is 17.6 Å². The summed E-state index contributed by atoms with van der Waals surface area (Å²) < 4.78 is 0. The number of benzene rings is 1. The van der Waals surface area contributed by atoms with E-state index in [1.54, 1.807) is 0 Å². The Bertz CT molecular complexity index is 411. The summed E-state index contributed by atoms with van der Waals surface area (Å²) in [6.07, 6.45) is 2.75. The van der Waals surface area contributed by atoms with Crippen LogP contribution in [0.5, 0.6) is 0 Å². The Hall–Kier alpha value is -0.860. The summed E-state index contributed by atoms with van der Waals surface area (Å²) in [5.74, 6) is 2.43. The average Bonchev–Trinajstić information content (AvgIpc) is 3.19. The molecule has 1 aliphatic carbocycles. The number of hydrogen-bond donors (Lipinski definition) is 1. The molecule has 0 bridgehead atoms. The van der Waals surface area contributed by atoms with Gasteiger partial charge in [0.1, 0.15) is 0 Å². The number of likely N-dealkylation sites (tertiary alicyclic amines) is 1. The van der Waals surface area contributed by atoms with E-state index in [0.717, 1.165) is 24.3 Å². The second-order valence-electron chi connectivity index (χ2n) is 6.60. The van der Waals surface area contributed by atoms with E-state index in [2.05, 4.69) is 43.0 Å². The summed E-state index contributed by atoms with van der Waals surface area (Å²) >= 11 is 0. The molecular formula is C17H26N2. The van der Waals surface area contributed by atoms with Gasteiger partial charge in [-0.2, -0.15) is 0 Å². The maximum atomic E-state index is 6.04. The molecule has 3 unspecified atom stereocenters. The van der Waals surface area contributed by atoms with Crippen molar-refractivity contribution in [2.75, 3.05) is 19.6 Å². The van der Waals surface area contributed by atoms with E-state index in [1.807, 2.05) is 0 Å². The lowest BCUT2D eigenvalue weighted by Crippen LogP contribution is -2.32. The molecule has 2 heteroatoms. The van der Waals surface area contributed by atoms with E-state index in [4.69, 9.17) is 5.73 Å². The standard InChI is InChI=1S/C17H26N2/c1-12-10-19(11-13(12)2)17(9-18)16-7-5-15(6-8-16)14-3-4-14/h5-8,12-14,17H,3-4,9-11,18H2,1-2H3. The Labute approximate surface area is 117 Å². The molecule has 2 aliphatic rings. The van der Waals surface area contributed by atoms with E-state index in [0.29, 0.717) is 6.04 Å². The first-order chi connectivity index (χ1) is 9.19. The molecule has 1 aliphatic heterocycles. The second kappa shape index (κ2) is 5.26.